The molecular formula is C17H28N4O2. The molecule has 23 heavy (non-hydrogen) atoms. The molecule has 6 nitrogen and oxygen atoms in total. The van der Waals surface area contributed by atoms with E-state index in [1.54, 1.807) is 19.0 Å². The molecule has 1 unspecified atom stereocenters. The molecule has 1 amide bonds. The van der Waals surface area contributed by atoms with Gasteiger partial charge in [0, 0.05) is 33.2 Å². The maximum atomic E-state index is 11.6. The van der Waals surface area contributed by atoms with E-state index in [4.69, 9.17) is 4.74 Å². The van der Waals surface area contributed by atoms with Gasteiger partial charge in [-0.15, -0.1) is 0 Å². The van der Waals surface area contributed by atoms with Crippen LogP contribution in [0.2, 0.25) is 0 Å². The summed E-state index contributed by atoms with van der Waals surface area (Å²) in [5, 5.41) is 0. The third-order valence-corrected chi connectivity index (χ3v) is 5.19. The van der Waals surface area contributed by atoms with Gasteiger partial charge in [0.1, 0.15) is 12.4 Å². The van der Waals surface area contributed by atoms with Crippen LogP contribution in [-0.4, -0.2) is 58.5 Å². The summed E-state index contributed by atoms with van der Waals surface area (Å²) in [7, 11) is 3.48. The van der Waals surface area contributed by atoms with Gasteiger partial charge >= 0.3 is 0 Å². The summed E-state index contributed by atoms with van der Waals surface area (Å²) in [5.74, 6) is 1.13. The van der Waals surface area contributed by atoms with Gasteiger partial charge in [-0.2, -0.15) is 0 Å². The van der Waals surface area contributed by atoms with Crippen LogP contribution in [0.25, 0.3) is 0 Å². The average molecular weight is 320 g/mol. The summed E-state index contributed by atoms with van der Waals surface area (Å²) in [6, 6.07) is 1.09. The molecule has 0 radical (unpaired) electrons. The Morgan fingerprint density at radius 3 is 2.78 bits per heavy atom. The lowest BCUT2D eigenvalue weighted by Gasteiger charge is -2.38. The average Bonchev–Trinajstić information content (AvgIpc) is 3.17. The van der Waals surface area contributed by atoms with Gasteiger partial charge in [0.2, 0.25) is 5.91 Å². The third kappa shape index (κ3) is 3.43. The summed E-state index contributed by atoms with van der Waals surface area (Å²) in [5.41, 5.74) is 1.07. The smallest absolute Gasteiger partial charge is 0.248 e. The van der Waals surface area contributed by atoms with Crippen molar-refractivity contribution in [3.8, 4) is 0 Å². The first-order valence-electron chi connectivity index (χ1n) is 8.66. The summed E-state index contributed by atoms with van der Waals surface area (Å²) in [6.45, 7) is 4.88. The molecule has 0 N–H and O–H groups in total. The highest BCUT2D eigenvalue weighted by atomic mass is 16.5. The second-order valence-electron chi connectivity index (χ2n) is 6.89. The minimum absolute atomic E-state index is 0.0100. The van der Waals surface area contributed by atoms with Crippen molar-refractivity contribution in [1.82, 2.24) is 19.4 Å². The first kappa shape index (κ1) is 16.5. The van der Waals surface area contributed by atoms with Gasteiger partial charge in [-0.05, 0) is 19.8 Å². The zero-order chi connectivity index (χ0) is 16.4. The Kier molecular flexibility index (Phi) is 5.02. The Balaban J connectivity index is 1.62. The summed E-state index contributed by atoms with van der Waals surface area (Å²) < 4.78 is 7.84. The van der Waals surface area contributed by atoms with Crippen molar-refractivity contribution in [2.24, 2.45) is 0 Å². The van der Waals surface area contributed by atoms with E-state index in [2.05, 4.69) is 21.4 Å². The molecule has 1 aromatic heterocycles. The molecule has 0 spiro atoms. The number of hydrogen-bond donors (Lipinski definition) is 0. The van der Waals surface area contributed by atoms with Gasteiger partial charge in [-0.25, -0.2) is 4.98 Å². The van der Waals surface area contributed by atoms with Crippen LogP contribution in [0, 0.1) is 0 Å². The Hall–Kier alpha value is -1.40. The Morgan fingerprint density at radius 2 is 2.09 bits per heavy atom. The van der Waals surface area contributed by atoms with Crippen molar-refractivity contribution >= 4 is 5.91 Å². The largest absolute Gasteiger partial charge is 0.365 e. The molecule has 0 aromatic carbocycles. The Morgan fingerprint density at radius 1 is 1.35 bits per heavy atom. The normalized spacial score (nSPS) is 22.3. The summed E-state index contributed by atoms with van der Waals surface area (Å²) >= 11 is 0. The molecule has 1 fully saturated rings. The second-order valence-corrected chi connectivity index (χ2v) is 6.89. The fourth-order valence-corrected chi connectivity index (χ4v) is 3.80. The van der Waals surface area contributed by atoms with Crippen molar-refractivity contribution in [2.75, 3.05) is 27.2 Å². The van der Waals surface area contributed by atoms with Crippen LogP contribution in [0.15, 0.2) is 6.20 Å². The van der Waals surface area contributed by atoms with E-state index in [-0.39, 0.29) is 12.5 Å². The number of nitrogens with zero attached hydrogens (tertiary/aromatic N) is 4. The molecule has 1 aromatic rings. The van der Waals surface area contributed by atoms with E-state index in [1.807, 2.05) is 6.20 Å². The Bertz CT molecular complexity index is 549. The fraction of sp³-hybridized carbons (Fsp3) is 0.765. The number of ether oxygens (including phenoxy) is 1. The summed E-state index contributed by atoms with van der Waals surface area (Å²) in [4.78, 5) is 20.4. The van der Waals surface area contributed by atoms with Gasteiger partial charge in [-0.3, -0.25) is 9.69 Å². The van der Waals surface area contributed by atoms with Gasteiger partial charge < -0.3 is 14.2 Å². The molecule has 3 rings (SSSR count). The van der Waals surface area contributed by atoms with Crippen LogP contribution < -0.4 is 0 Å². The number of rotatable bonds is 5. The standard InChI is InChI=1S/C17H28N4O2/c1-13-17-18-10-15(11-23-12-16(22)19(2)3)21(17)9-8-20(13)14-6-4-5-7-14/h10,13-14H,4-9,11-12H2,1-3H3. The molecule has 0 bridgehead atoms. The maximum Gasteiger partial charge on any atom is 0.248 e. The first-order valence-corrected chi connectivity index (χ1v) is 8.66. The fourth-order valence-electron chi connectivity index (χ4n) is 3.80. The Labute approximate surface area is 138 Å². The maximum absolute atomic E-state index is 11.6. The van der Waals surface area contributed by atoms with E-state index in [0.29, 0.717) is 12.6 Å². The lowest BCUT2D eigenvalue weighted by molar-refractivity contribution is -0.134. The van der Waals surface area contributed by atoms with E-state index >= 15 is 0 Å². The molecule has 1 aliphatic carbocycles. The molecule has 2 aliphatic rings. The molecule has 1 atom stereocenters. The van der Waals surface area contributed by atoms with Crippen molar-refractivity contribution in [3.05, 3.63) is 17.7 Å². The molecule has 1 saturated carbocycles. The summed E-state index contributed by atoms with van der Waals surface area (Å²) in [6.07, 6.45) is 7.29. The zero-order valence-electron chi connectivity index (χ0n) is 14.5. The third-order valence-electron chi connectivity index (χ3n) is 5.19. The van der Waals surface area contributed by atoms with Crippen molar-refractivity contribution in [3.63, 3.8) is 0 Å². The second kappa shape index (κ2) is 7.01. The molecule has 1 aliphatic heterocycles. The number of fused-ring (bicyclic) bond motifs is 1. The van der Waals surface area contributed by atoms with Gasteiger partial charge in [0.05, 0.1) is 24.5 Å². The molecular weight excluding hydrogens is 292 g/mol. The molecule has 6 heteroatoms. The van der Waals surface area contributed by atoms with E-state index in [0.717, 1.165) is 30.6 Å². The van der Waals surface area contributed by atoms with Gasteiger partial charge in [-0.1, -0.05) is 12.8 Å². The van der Waals surface area contributed by atoms with Crippen LogP contribution in [-0.2, 0) is 22.7 Å². The van der Waals surface area contributed by atoms with Crippen molar-refractivity contribution < 1.29 is 9.53 Å². The lowest BCUT2D eigenvalue weighted by atomic mass is 10.1. The number of carbonyl (C=O) groups excluding carboxylic acids is 1. The highest BCUT2D eigenvalue weighted by Gasteiger charge is 2.32. The predicted octanol–water partition coefficient (Wildman–Crippen LogP) is 1.81. The lowest BCUT2D eigenvalue weighted by Crippen LogP contribution is -2.43. The van der Waals surface area contributed by atoms with Crippen LogP contribution in [0.5, 0.6) is 0 Å². The quantitative estimate of drug-likeness (QED) is 0.830. The number of hydrogen-bond acceptors (Lipinski definition) is 4. The van der Waals surface area contributed by atoms with Crippen LogP contribution in [0.1, 0.15) is 50.2 Å². The topological polar surface area (TPSA) is 50.6 Å². The first-order chi connectivity index (χ1) is 11.1. The highest BCUT2D eigenvalue weighted by molar-refractivity contribution is 5.76. The van der Waals surface area contributed by atoms with Crippen molar-refractivity contribution in [2.45, 2.75) is 57.8 Å². The molecule has 0 saturated heterocycles. The number of aromatic nitrogens is 2. The van der Waals surface area contributed by atoms with Crippen LogP contribution >= 0.6 is 0 Å². The number of amides is 1. The minimum Gasteiger partial charge on any atom is -0.365 e. The van der Waals surface area contributed by atoms with Crippen LogP contribution in [0.4, 0.5) is 0 Å². The van der Waals surface area contributed by atoms with E-state index < -0.39 is 0 Å². The SMILES string of the molecule is CC1c2ncc(COCC(=O)N(C)C)n2CCN1C1CCCC1. The predicted molar refractivity (Wildman–Crippen MR) is 88.0 cm³/mol. The highest BCUT2D eigenvalue weighted by Crippen LogP contribution is 2.33. The number of likely N-dealkylation sites (N-methyl/N-ethyl adjacent to an activating group) is 1. The molecule has 128 valence electrons. The van der Waals surface area contributed by atoms with Crippen LogP contribution in [0.3, 0.4) is 0 Å². The number of imidazole rings is 1. The monoisotopic (exact) mass is 320 g/mol. The van der Waals surface area contributed by atoms with Gasteiger partial charge in [0.15, 0.2) is 0 Å². The number of carbonyl (C=O) groups is 1. The van der Waals surface area contributed by atoms with Gasteiger partial charge in [0.25, 0.3) is 0 Å². The molecule has 2 heterocycles. The van der Waals surface area contributed by atoms with E-state index in [1.165, 1.54) is 25.7 Å². The van der Waals surface area contributed by atoms with Crippen molar-refractivity contribution in [1.29, 1.82) is 0 Å². The van der Waals surface area contributed by atoms with E-state index in [9.17, 15) is 4.79 Å². The minimum atomic E-state index is -0.0100. The zero-order valence-corrected chi connectivity index (χ0v) is 14.5.